The number of alkyl halides is 3. The van der Waals surface area contributed by atoms with E-state index in [1.807, 2.05) is 0 Å². The van der Waals surface area contributed by atoms with Crippen molar-refractivity contribution in [2.24, 2.45) is 0 Å². The number of halogens is 3. The minimum Gasteiger partial charge on any atom is -0.298 e. The second kappa shape index (κ2) is 3.55. The molecule has 13 heavy (non-hydrogen) atoms. The van der Waals surface area contributed by atoms with Crippen LogP contribution in [0.5, 0.6) is 0 Å². The number of aromatic nitrogens is 1. The highest BCUT2D eigenvalue weighted by Gasteiger charge is 2.28. The summed E-state index contributed by atoms with van der Waals surface area (Å²) in [5.41, 5.74) is 0.0614. The van der Waals surface area contributed by atoms with Crippen molar-refractivity contribution < 1.29 is 18.0 Å². The molecule has 0 unspecified atom stereocenters. The molecule has 1 aromatic heterocycles. The quantitative estimate of drug-likeness (QED) is 0.666. The zero-order valence-electron chi connectivity index (χ0n) is 6.51. The molecule has 0 atom stereocenters. The van der Waals surface area contributed by atoms with Crippen molar-refractivity contribution in [3.63, 3.8) is 0 Å². The molecule has 1 aromatic rings. The van der Waals surface area contributed by atoms with Gasteiger partial charge in [-0.2, -0.15) is 13.2 Å². The van der Waals surface area contributed by atoms with Crippen LogP contribution in [0.1, 0.15) is 16.1 Å². The Hall–Kier alpha value is -1.39. The lowest BCUT2D eigenvalue weighted by Crippen LogP contribution is -2.12. The normalized spacial score (nSPS) is 11.3. The van der Waals surface area contributed by atoms with Crippen LogP contribution in [0, 0.1) is 0 Å². The highest BCUT2D eigenvalue weighted by Crippen LogP contribution is 2.19. The molecule has 0 aliphatic heterocycles. The highest BCUT2D eigenvalue weighted by molar-refractivity contribution is 5.74. The zero-order chi connectivity index (χ0) is 9.90. The van der Waals surface area contributed by atoms with Gasteiger partial charge in [-0.15, -0.1) is 0 Å². The van der Waals surface area contributed by atoms with Gasteiger partial charge in [0.2, 0.25) is 0 Å². The van der Waals surface area contributed by atoms with E-state index < -0.39 is 12.6 Å². The molecule has 70 valence electrons. The van der Waals surface area contributed by atoms with E-state index in [1.165, 1.54) is 12.3 Å². The molecule has 2 nitrogen and oxygen atoms in total. The van der Waals surface area contributed by atoms with Gasteiger partial charge in [0.25, 0.3) is 0 Å². The van der Waals surface area contributed by atoms with Crippen LogP contribution in [0.25, 0.3) is 0 Å². The number of hydrogen-bond donors (Lipinski definition) is 0. The van der Waals surface area contributed by atoms with E-state index in [0.717, 1.165) is 6.07 Å². The second-order valence-electron chi connectivity index (χ2n) is 2.49. The van der Waals surface area contributed by atoms with Gasteiger partial charge in [-0.05, 0) is 12.1 Å². The molecule has 0 fully saturated rings. The molecule has 0 amide bonds. The standard InChI is InChI=1S/C8H6F3NO/c9-8(10,11)4-7-3-6(5-13)1-2-12-7/h1-3,5H,4H2. The maximum absolute atomic E-state index is 11.8. The first-order valence-corrected chi connectivity index (χ1v) is 3.48. The van der Waals surface area contributed by atoms with E-state index in [4.69, 9.17) is 0 Å². The molecule has 5 heteroatoms. The van der Waals surface area contributed by atoms with Gasteiger partial charge >= 0.3 is 6.18 Å². The van der Waals surface area contributed by atoms with Crippen molar-refractivity contribution in [2.45, 2.75) is 12.6 Å². The molecule has 0 aliphatic carbocycles. The number of hydrogen-bond acceptors (Lipinski definition) is 2. The van der Waals surface area contributed by atoms with Gasteiger partial charge in [-0.3, -0.25) is 9.78 Å². The largest absolute Gasteiger partial charge is 0.394 e. The third kappa shape index (κ3) is 3.23. The predicted octanol–water partition coefficient (Wildman–Crippen LogP) is 2.00. The van der Waals surface area contributed by atoms with Gasteiger partial charge in [0.15, 0.2) is 0 Å². The maximum atomic E-state index is 11.8. The van der Waals surface area contributed by atoms with Crippen LogP contribution in [-0.4, -0.2) is 17.4 Å². The summed E-state index contributed by atoms with van der Waals surface area (Å²) in [6, 6.07) is 2.48. The van der Waals surface area contributed by atoms with Crippen LogP contribution in [0.15, 0.2) is 18.3 Å². The Morgan fingerprint density at radius 1 is 1.46 bits per heavy atom. The van der Waals surface area contributed by atoms with Crippen LogP contribution < -0.4 is 0 Å². The lowest BCUT2D eigenvalue weighted by molar-refractivity contribution is -0.127. The van der Waals surface area contributed by atoms with Crippen molar-refractivity contribution >= 4 is 6.29 Å². The molecular formula is C8H6F3NO. The summed E-state index contributed by atoms with van der Waals surface area (Å²) in [4.78, 5) is 13.7. The van der Waals surface area contributed by atoms with Crippen LogP contribution in [0.4, 0.5) is 13.2 Å². The van der Waals surface area contributed by atoms with E-state index in [1.54, 1.807) is 0 Å². The molecule has 0 saturated heterocycles. The Morgan fingerprint density at radius 3 is 2.69 bits per heavy atom. The third-order valence-corrected chi connectivity index (χ3v) is 1.36. The monoisotopic (exact) mass is 189 g/mol. The van der Waals surface area contributed by atoms with Crippen molar-refractivity contribution in [1.29, 1.82) is 0 Å². The van der Waals surface area contributed by atoms with Crippen molar-refractivity contribution in [1.82, 2.24) is 4.98 Å². The first-order chi connectivity index (χ1) is 6.01. The molecule has 0 aromatic carbocycles. The molecule has 1 rings (SSSR count). The van der Waals surface area contributed by atoms with Crippen molar-refractivity contribution in [3.05, 3.63) is 29.6 Å². The first kappa shape index (κ1) is 9.70. The Bertz CT molecular complexity index is 309. The lowest BCUT2D eigenvalue weighted by atomic mass is 10.2. The molecule has 0 saturated carbocycles. The van der Waals surface area contributed by atoms with Crippen molar-refractivity contribution in [3.8, 4) is 0 Å². The molecule has 0 spiro atoms. The summed E-state index contributed by atoms with van der Waals surface area (Å²) in [6.07, 6.45) is -3.71. The summed E-state index contributed by atoms with van der Waals surface area (Å²) in [6.45, 7) is 0. The Balaban J connectivity index is 2.84. The Morgan fingerprint density at radius 2 is 2.15 bits per heavy atom. The average molecular weight is 189 g/mol. The summed E-state index contributed by atoms with van der Waals surface area (Å²) >= 11 is 0. The van der Waals surface area contributed by atoms with Crippen LogP contribution >= 0.6 is 0 Å². The van der Waals surface area contributed by atoms with Gasteiger partial charge in [0.05, 0.1) is 12.1 Å². The number of pyridine rings is 1. The number of aldehydes is 1. The second-order valence-corrected chi connectivity index (χ2v) is 2.49. The maximum Gasteiger partial charge on any atom is 0.394 e. The van der Waals surface area contributed by atoms with Gasteiger partial charge in [0.1, 0.15) is 6.29 Å². The molecule has 0 N–H and O–H groups in total. The molecular weight excluding hydrogens is 183 g/mol. The summed E-state index contributed by atoms with van der Waals surface area (Å²) in [7, 11) is 0. The van der Waals surface area contributed by atoms with Crippen LogP contribution in [0.3, 0.4) is 0 Å². The Kier molecular flexibility index (Phi) is 2.65. The minimum atomic E-state index is -4.28. The minimum absolute atomic E-state index is 0.142. The fourth-order valence-electron chi connectivity index (χ4n) is 0.872. The smallest absolute Gasteiger partial charge is 0.298 e. The first-order valence-electron chi connectivity index (χ1n) is 3.48. The van der Waals surface area contributed by atoms with Gasteiger partial charge in [-0.25, -0.2) is 0 Å². The summed E-state index contributed by atoms with van der Waals surface area (Å²) in [5, 5.41) is 0. The van der Waals surface area contributed by atoms with Crippen molar-refractivity contribution in [2.75, 3.05) is 0 Å². The number of rotatable bonds is 2. The van der Waals surface area contributed by atoms with Gasteiger partial charge in [-0.1, -0.05) is 0 Å². The number of carbonyl (C=O) groups is 1. The fraction of sp³-hybridized carbons (Fsp3) is 0.250. The van der Waals surface area contributed by atoms with Gasteiger partial charge < -0.3 is 0 Å². The number of nitrogens with zero attached hydrogens (tertiary/aromatic N) is 1. The van der Waals surface area contributed by atoms with E-state index >= 15 is 0 Å². The van der Waals surface area contributed by atoms with E-state index in [0.29, 0.717) is 6.29 Å². The summed E-state index contributed by atoms with van der Waals surface area (Å²) in [5.74, 6) is 0. The topological polar surface area (TPSA) is 30.0 Å². The van der Waals surface area contributed by atoms with E-state index in [-0.39, 0.29) is 11.3 Å². The molecule has 0 bridgehead atoms. The highest BCUT2D eigenvalue weighted by atomic mass is 19.4. The molecule has 1 heterocycles. The zero-order valence-corrected chi connectivity index (χ0v) is 6.51. The van der Waals surface area contributed by atoms with E-state index in [9.17, 15) is 18.0 Å². The lowest BCUT2D eigenvalue weighted by Gasteiger charge is -2.04. The third-order valence-electron chi connectivity index (χ3n) is 1.36. The predicted molar refractivity (Wildman–Crippen MR) is 39.4 cm³/mol. The summed E-state index contributed by atoms with van der Waals surface area (Å²) < 4.78 is 35.5. The average Bonchev–Trinajstić information content (AvgIpc) is 2.01. The Labute approximate surface area is 72.4 Å². The molecule has 0 radical (unpaired) electrons. The van der Waals surface area contributed by atoms with Crippen LogP contribution in [0.2, 0.25) is 0 Å². The fourth-order valence-corrected chi connectivity index (χ4v) is 0.872. The van der Waals surface area contributed by atoms with Gasteiger partial charge in [0, 0.05) is 11.8 Å². The molecule has 0 aliphatic rings. The number of carbonyl (C=O) groups excluding carboxylic acids is 1. The van der Waals surface area contributed by atoms with Crippen LogP contribution in [-0.2, 0) is 6.42 Å². The SMILES string of the molecule is O=Cc1ccnc(CC(F)(F)F)c1. The van der Waals surface area contributed by atoms with E-state index in [2.05, 4.69) is 4.98 Å².